The Morgan fingerprint density at radius 1 is 0.800 bits per heavy atom. The molecule has 0 aliphatic rings. The fraction of sp³-hybridized carbons (Fsp3) is 0.696. The van der Waals surface area contributed by atoms with E-state index in [4.69, 9.17) is 9.84 Å². The van der Waals surface area contributed by atoms with Gasteiger partial charge in [-0.1, -0.05) is 70.6 Å². The van der Waals surface area contributed by atoms with Crippen molar-refractivity contribution in [1.29, 1.82) is 0 Å². The van der Waals surface area contributed by atoms with Gasteiger partial charge in [-0.25, -0.2) is 13.1 Å². The number of carboxylic acids is 1. The highest BCUT2D eigenvalue weighted by Gasteiger charge is 2.10. The van der Waals surface area contributed by atoms with Gasteiger partial charge in [0, 0.05) is 6.42 Å². The summed E-state index contributed by atoms with van der Waals surface area (Å²) >= 11 is 0. The van der Waals surface area contributed by atoms with Gasteiger partial charge in [-0.05, 0) is 44.2 Å². The summed E-state index contributed by atoms with van der Waals surface area (Å²) in [6, 6.07) is 6.50. The molecule has 0 heterocycles. The molecule has 0 bridgehead atoms. The Labute approximate surface area is 182 Å². The van der Waals surface area contributed by atoms with Crippen molar-refractivity contribution in [3.05, 3.63) is 24.3 Å². The number of carbonyl (C=O) groups is 1. The molecule has 7 heteroatoms. The van der Waals surface area contributed by atoms with Crippen LogP contribution in [0.5, 0.6) is 5.75 Å². The SMILES string of the molecule is CNS(=O)(=O)c1ccc(OCCCCCCCCCCCCCCCC(=O)O)cc1. The predicted molar refractivity (Wildman–Crippen MR) is 120 cm³/mol. The van der Waals surface area contributed by atoms with E-state index in [0.29, 0.717) is 18.8 Å². The zero-order valence-corrected chi connectivity index (χ0v) is 19.2. The normalized spacial score (nSPS) is 11.5. The molecule has 0 saturated heterocycles. The van der Waals surface area contributed by atoms with Crippen LogP contribution in [0.2, 0.25) is 0 Å². The molecule has 0 fully saturated rings. The standard InChI is InChI=1S/C23H39NO5S/c1-24-30(27,28)22-18-16-21(17-19-22)29-20-14-12-10-8-6-4-2-3-5-7-9-11-13-15-23(25)26/h16-19,24H,2-15,20H2,1H3,(H,25,26). The summed E-state index contributed by atoms with van der Waals surface area (Å²) in [4.78, 5) is 10.7. The minimum Gasteiger partial charge on any atom is -0.494 e. The lowest BCUT2D eigenvalue weighted by Crippen LogP contribution is -2.18. The summed E-state index contributed by atoms with van der Waals surface area (Å²) in [5, 5.41) is 8.58. The van der Waals surface area contributed by atoms with Crippen LogP contribution < -0.4 is 9.46 Å². The molecule has 1 aromatic carbocycles. The Hall–Kier alpha value is -1.60. The Balaban J connectivity index is 1.88. The van der Waals surface area contributed by atoms with E-state index in [2.05, 4.69) is 4.72 Å². The molecule has 0 amide bonds. The summed E-state index contributed by atoms with van der Waals surface area (Å²) in [6.45, 7) is 0.657. The first kappa shape index (κ1) is 26.4. The quantitative estimate of drug-likeness (QED) is 0.276. The van der Waals surface area contributed by atoms with Gasteiger partial charge < -0.3 is 9.84 Å². The van der Waals surface area contributed by atoms with Gasteiger partial charge in [0.25, 0.3) is 0 Å². The van der Waals surface area contributed by atoms with Crippen LogP contribution in [-0.2, 0) is 14.8 Å². The molecule has 30 heavy (non-hydrogen) atoms. The lowest BCUT2D eigenvalue weighted by molar-refractivity contribution is -0.137. The van der Waals surface area contributed by atoms with E-state index in [1.807, 2.05) is 0 Å². The number of rotatable bonds is 19. The van der Waals surface area contributed by atoms with Crippen molar-refractivity contribution in [2.45, 2.75) is 94.8 Å². The molecule has 1 rings (SSSR count). The van der Waals surface area contributed by atoms with E-state index < -0.39 is 16.0 Å². The summed E-state index contributed by atoms with van der Waals surface area (Å²) in [6.07, 6.45) is 15.7. The van der Waals surface area contributed by atoms with Crippen LogP contribution in [0, 0.1) is 0 Å². The Kier molecular flexibility index (Phi) is 14.2. The lowest BCUT2D eigenvalue weighted by atomic mass is 10.0. The van der Waals surface area contributed by atoms with E-state index in [1.165, 1.54) is 58.4 Å². The molecule has 1 aromatic rings. The molecule has 0 aliphatic carbocycles. The number of unbranched alkanes of at least 4 members (excludes halogenated alkanes) is 12. The molecule has 172 valence electrons. The van der Waals surface area contributed by atoms with Crippen LogP contribution in [0.15, 0.2) is 29.2 Å². The van der Waals surface area contributed by atoms with Gasteiger partial charge in [-0.3, -0.25) is 4.79 Å². The molecule has 2 N–H and O–H groups in total. The monoisotopic (exact) mass is 441 g/mol. The second-order valence-electron chi connectivity index (χ2n) is 7.77. The molecular weight excluding hydrogens is 402 g/mol. The summed E-state index contributed by atoms with van der Waals surface area (Å²) in [5.74, 6) is 0.0176. The molecule has 0 atom stereocenters. The number of hydrogen-bond donors (Lipinski definition) is 2. The van der Waals surface area contributed by atoms with Gasteiger partial charge in [-0.15, -0.1) is 0 Å². The fourth-order valence-corrected chi connectivity index (χ4v) is 4.08. The summed E-state index contributed by atoms with van der Waals surface area (Å²) < 4.78 is 31.3. The molecule has 0 aliphatic heterocycles. The highest BCUT2D eigenvalue weighted by molar-refractivity contribution is 7.89. The highest BCUT2D eigenvalue weighted by atomic mass is 32.2. The van der Waals surface area contributed by atoms with E-state index >= 15 is 0 Å². The van der Waals surface area contributed by atoms with Crippen molar-refractivity contribution in [3.8, 4) is 5.75 Å². The third-order valence-electron chi connectivity index (χ3n) is 5.21. The zero-order chi connectivity index (χ0) is 22.1. The highest BCUT2D eigenvalue weighted by Crippen LogP contribution is 2.17. The average molecular weight is 442 g/mol. The van der Waals surface area contributed by atoms with E-state index in [0.717, 1.165) is 32.1 Å². The second-order valence-corrected chi connectivity index (χ2v) is 9.65. The molecule has 0 spiro atoms. The maximum Gasteiger partial charge on any atom is 0.303 e. The molecule has 6 nitrogen and oxygen atoms in total. The fourth-order valence-electron chi connectivity index (χ4n) is 3.35. The van der Waals surface area contributed by atoms with E-state index in [1.54, 1.807) is 24.3 Å². The number of nitrogens with one attached hydrogen (secondary N) is 1. The third kappa shape index (κ3) is 12.9. The van der Waals surface area contributed by atoms with E-state index in [-0.39, 0.29) is 4.90 Å². The van der Waals surface area contributed by atoms with Crippen molar-refractivity contribution in [3.63, 3.8) is 0 Å². The van der Waals surface area contributed by atoms with Crippen LogP contribution in [-0.4, -0.2) is 33.1 Å². The van der Waals surface area contributed by atoms with Crippen molar-refractivity contribution in [1.82, 2.24) is 4.72 Å². The first-order chi connectivity index (χ1) is 14.5. The predicted octanol–water partition coefficient (Wildman–Crippen LogP) is 5.52. The van der Waals surface area contributed by atoms with Crippen molar-refractivity contribution in [2.75, 3.05) is 13.7 Å². The minimum atomic E-state index is -3.39. The molecular formula is C23H39NO5S. The third-order valence-corrected chi connectivity index (χ3v) is 6.64. The zero-order valence-electron chi connectivity index (χ0n) is 18.4. The summed E-state index contributed by atoms with van der Waals surface area (Å²) in [7, 11) is -1.99. The smallest absolute Gasteiger partial charge is 0.303 e. The van der Waals surface area contributed by atoms with Gasteiger partial charge in [0.2, 0.25) is 10.0 Å². The van der Waals surface area contributed by atoms with E-state index in [9.17, 15) is 13.2 Å². The van der Waals surface area contributed by atoms with Crippen molar-refractivity contribution < 1.29 is 23.1 Å². The topological polar surface area (TPSA) is 92.7 Å². The Bertz CT molecular complexity index is 673. The minimum absolute atomic E-state index is 0.244. The molecule has 0 saturated carbocycles. The van der Waals surface area contributed by atoms with Crippen molar-refractivity contribution in [2.24, 2.45) is 0 Å². The average Bonchev–Trinajstić information content (AvgIpc) is 2.73. The van der Waals surface area contributed by atoms with Gasteiger partial charge in [0.1, 0.15) is 5.75 Å². The molecule has 0 unspecified atom stereocenters. The van der Waals surface area contributed by atoms with Gasteiger partial charge in [0.15, 0.2) is 0 Å². The second kappa shape index (κ2) is 16.1. The van der Waals surface area contributed by atoms with Crippen LogP contribution in [0.1, 0.15) is 89.9 Å². The van der Waals surface area contributed by atoms with Crippen LogP contribution in [0.4, 0.5) is 0 Å². The summed E-state index contributed by atoms with van der Waals surface area (Å²) in [5.41, 5.74) is 0. The Morgan fingerprint density at radius 3 is 1.67 bits per heavy atom. The maximum atomic E-state index is 11.7. The molecule has 0 aromatic heterocycles. The van der Waals surface area contributed by atoms with Gasteiger partial charge in [0.05, 0.1) is 11.5 Å². The van der Waals surface area contributed by atoms with Gasteiger partial charge >= 0.3 is 5.97 Å². The molecule has 0 radical (unpaired) electrons. The first-order valence-electron chi connectivity index (χ1n) is 11.3. The van der Waals surface area contributed by atoms with Crippen LogP contribution in [0.25, 0.3) is 0 Å². The van der Waals surface area contributed by atoms with Gasteiger partial charge in [-0.2, -0.15) is 0 Å². The largest absolute Gasteiger partial charge is 0.494 e. The first-order valence-corrected chi connectivity index (χ1v) is 12.8. The van der Waals surface area contributed by atoms with Crippen LogP contribution >= 0.6 is 0 Å². The number of aliphatic carboxylic acids is 1. The number of hydrogen-bond acceptors (Lipinski definition) is 4. The van der Waals surface area contributed by atoms with Crippen LogP contribution in [0.3, 0.4) is 0 Å². The lowest BCUT2D eigenvalue weighted by Gasteiger charge is -2.07. The number of carboxylic acid groups (broad SMARTS) is 1. The number of ether oxygens (including phenoxy) is 1. The number of benzene rings is 1. The Morgan fingerprint density at radius 2 is 1.23 bits per heavy atom. The number of sulfonamides is 1. The van der Waals surface area contributed by atoms with Crippen molar-refractivity contribution >= 4 is 16.0 Å². The maximum absolute atomic E-state index is 11.7.